The summed E-state index contributed by atoms with van der Waals surface area (Å²) in [7, 11) is 0. The summed E-state index contributed by atoms with van der Waals surface area (Å²) in [6.07, 6.45) is 0.544. The summed E-state index contributed by atoms with van der Waals surface area (Å²) >= 11 is 3.30. The lowest BCUT2D eigenvalue weighted by atomic mass is 9.94. The van der Waals surface area contributed by atoms with Crippen LogP contribution in [0.4, 0.5) is 0 Å². The molecule has 9 nitrogen and oxygen atoms in total. The SMILES string of the molecule is CCOC(CSc1nnc2n3nc(C)nc3c3c4c(sc3n12)COC(C)(C)C4)OCC. The van der Waals surface area contributed by atoms with Gasteiger partial charge in [0.2, 0.25) is 0 Å². The van der Waals surface area contributed by atoms with Gasteiger partial charge in [-0.1, -0.05) is 11.8 Å². The van der Waals surface area contributed by atoms with Crippen LogP contribution in [0.15, 0.2) is 5.16 Å². The van der Waals surface area contributed by atoms with Crippen LogP contribution in [0.25, 0.3) is 21.6 Å². The van der Waals surface area contributed by atoms with Crippen molar-refractivity contribution in [2.75, 3.05) is 19.0 Å². The van der Waals surface area contributed by atoms with E-state index < -0.39 is 0 Å². The van der Waals surface area contributed by atoms with Crippen molar-refractivity contribution in [3.05, 3.63) is 16.3 Å². The molecule has 0 amide bonds. The minimum atomic E-state index is -0.286. The van der Waals surface area contributed by atoms with Crippen LogP contribution < -0.4 is 0 Å². The Labute approximate surface area is 188 Å². The number of thiophene rings is 1. The molecule has 5 heterocycles. The normalized spacial score (nSPS) is 16.2. The Balaban J connectivity index is 1.68. The van der Waals surface area contributed by atoms with Gasteiger partial charge in [-0.25, -0.2) is 9.38 Å². The van der Waals surface area contributed by atoms with E-state index in [0.29, 0.717) is 37.2 Å². The minimum absolute atomic E-state index is 0.213. The van der Waals surface area contributed by atoms with Gasteiger partial charge in [0.1, 0.15) is 10.7 Å². The number of thioether (sulfide) groups is 1. The zero-order valence-corrected chi connectivity index (χ0v) is 20.0. The molecule has 0 saturated carbocycles. The Hall–Kier alpha value is -1.79. The van der Waals surface area contributed by atoms with E-state index in [1.165, 1.54) is 10.4 Å². The number of nitrogens with zero attached hydrogens (tertiary/aromatic N) is 6. The van der Waals surface area contributed by atoms with E-state index in [-0.39, 0.29) is 11.9 Å². The highest BCUT2D eigenvalue weighted by Crippen LogP contribution is 2.41. The van der Waals surface area contributed by atoms with E-state index in [0.717, 1.165) is 27.4 Å². The second-order valence-electron chi connectivity index (χ2n) is 8.07. The average Bonchev–Trinajstić information content (AvgIpc) is 3.39. The van der Waals surface area contributed by atoms with Crippen molar-refractivity contribution in [3.63, 3.8) is 0 Å². The fourth-order valence-corrected chi connectivity index (χ4v) is 6.13. The molecule has 4 aromatic rings. The first kappa shape index (κ1) is 21.1. The minimum Gasteiger partial charge on any atom is -0.370 e. The Morgan fingerprint density at radius 2 is 2.00 bits per heavy atom. The van der Waals surface area contributed by atoms with E-state index in [9.17, 15) is 0 Å². The monoisotopic (exact) mass is 462 g/mol. The number of ether oxygens (including phenoxy) is 3. The summed E-state index contributed by atoms with van der Waals surface area (Å²) in [5.74, 6) is 2.00. The highest BCUT2D eigenvalue weighted by molar-refractivity contribution is 7.99. The van der Waals surface area contributed by atoms with Gasteiger partial charge in [0.05, 0.1) is 23.3 Å². The Morgan fingerprint density at radius 1 is 1.23 bits per heavy atom. The highest BCUT2D eigenvalue weighted by atomic mass is 32.2. The average molecular weight is 463 g/mol. The molecule has 0 aliphatic carbocycles. The molecule has 0 spiro atoms. The van der Waals surface area contributed by atoms with Gasteiger partial charge in [-0.15, -0.1) is 26.6 Å². The van der Waals surface area contributed by atoms with Crippen LogP contribution in [-0.4, -0.2) is 60.1 Å². The number of rotatable bonds is 7. The molecule has 0 radical (unpaired) electrons. The molecule has 166 valence electrons. The van der Waals surface area contributed by atoms with E-state index in [1.807, 2.05) is 25.3 Å². The van der Waals surface area contributed by atoms with Crippen molar-refractivity contribution in [2.45, 2.75) is 64.7 Å². The third-order valence-electron chi connectivity index (χ3n) is 5.27. The van der Waals surface area contributed by atoms with Gasteiger partial charge in [-0.2, -0.15) is 4.52 Å². The van der Waals surface area contributed by atoms with Gasteiger partial charge in [0, 0.05) is 24.5 Å². The standard InChI is InChI=1S/C20H26N6O3S2/c1-6-27-14(28-7-2)10-30-19-23-22-18-25(19)17-15(16-21-11(3)24-26(16)18)12-8-20(4,5)29-9-13(12)31-17/h14H,6-10H2,1-5H3. The lowest BCUT2D eigenvalue weighted by Crippen LogP contribution is -2.31. The first-order chi connectivity index (χ1) is 14.9. The van der Waals surface area contributed by atoms with Crippen LogP contribution in [0.1, 0.15) is 44.0 Å². The maximum absolute atomic E-state index is 6.08. The maximum Gasteiger partial charge on any atom is 0.260 e. The topological polar surface area (TPSA) is 88.1 Å². The fourth-order valence-electron chi connectivity index (χ4n) is 3.97. The van der Waals surface area contributed by atoms with Crippen LogP contribution in [0.2, 0.25) is 0 Å². The van der Waals surface area contributed by atoms with Gasteiger partial charge >= 0.3 is 0 Å². The van der Waals surface area contributed by atoms with Gasteiger partial charge in [0.25, 0.3) is 5.78 Å². The third kappa shape index (κ3) is 3.62. The second kappa shape index (κ2) is 7.96. The smallest absolute Gasteiger partial charge is 0.260 e. The van der Waals surface area contributed by atoms with E-state index >= 15 is 0 Å². The van der Waals surface area contributed by atoms with Crippen molar-refractivity contribution in [1.29, 1.82) is 0 Å². The highest BCUT2D eigenvalue weighted by Gasteiger charge is 2.32. The molecule has 5 rings (SSSR count). The summed E-state index contributed by atoms with van der Waals surface area (Å²) in [6, 6.07) is 0. The number of hydrogen-bond acceptors (Lipinski definition) is 9. The second-order valence-corrected chi connectivity index (χ2v) is 10.1. The zero-order valence-electron chi connectivity index (χ0n) is 18.3. The third-order valence-corrected chi connectivity index (χ3v) is 7.42. The molecular weight excluding hydrogens is 436 g/mol. The van der Waals surface area contributed by atoms with Crippen LogP contribution in [0.3, 0.4) is 0 Å². The molecule has 31 heavy (non-hydrogen) atoms. The van der Waals surface area contributed by atoms with Gasteiger partial charge in [0.15, 0.2) is 17.1 Å². The number of aromatic nitrogens is 6. The first-order valence-corrected chi connectivity index (χ1v) is 12.3. The summed E-state index contributed by atoms with van der Waals surface area (Å²) in [4.78, 5) is 7.05. The van der Waals surface area contributed by atoms with Crippen LogP contribution in [0.5, 0.6) is 0 Å². The zero-order chi connectivity index (χ0) is 21.8. The summed E-state index contributed by atoms with van der Waals surface area (Å²) in [5, 5.41) is 15.5. The van der Waals surface area contributed by atoms with Crippen molar-refractivity contribution < 1.29 is 14.2 Å². The van der Waals surface area contributed by atoms with Gasteiger partial charge in [-0.05, 0) is 40.2 Å². The van der Waals surface area contributed by atoms with Crippen LogP contribution in [0, 0.1) is 6.92 Å². The first-order valence-electron chi connectivity index (χ1n) is 10.5. The fraction of sp³-hybridized carbons (Fsp3) is 0.600. The van der Waals surface area contributed by atoms with Gasteiger partial charge in [-0.3, -0.25) is 0 Å². The Bertz CT molecular complexity index is 1250. The molecular formula is C20H26N6O3S2. The van der Waals surface area contributed by atoms with Crippen molar-refractivity contribution >= 4 is 44.7 Å². The number of fused-ring (bicyclic) bond motifs is 8. The molecule has 0 atom stereocenters. The molecule has 0 fully saturated rings. The predicted molar refractivity (Wildman–Crippen MR) is 120 cm³/mol. The number of hydrogen-bond donors (Lipinski definition) is 0. The predicted octanol–water partition coefficient (Wildman–Crippen LogP) is 3.64. The molecule has 0 N–H and O–H groups in total. The van der Waals surface area contributed by atoms with Crippen LogP contribution in [-0.2, 0) is 27.2 Å². The summed E-state index contributed by atoms with van der Waals surface area (Å²) in [6.45, 7) is 11.9. The molecule has 1 aliphatic rings. The molecule has 0 saturated heterocycles. The van der Waals surface area contributed by atoms with Crippen molar-refractivity contribution in [1.82, 2.24) is 29.2 Å². The lowest BCUT2D eigenvalue weighted by Gasteiger charge is -2.30. The Morgan fingerprint density at radius 3 is 2.74 bits per heavy atom. The molecule has 0 aromatic carbocycles. The molecule has 0 bridgehead atoms. The van der Waals surface area contributed by atoms with Crippen molar-refractivity contribution in [2.24, 2.45) is 0 Å². The lowest BCUT2D eigenvalue weighted by molar-refractivity contribution is -0.120. The molecule has 0 unspecified atom stereocenters. The Kier molecular flexibility index (Phi) is 5.41. The molecule has 4 aromatic heterocycles. The van der Waals surface area contributed by atoms with E-state index in [1.54, 1.807) is 23.1 Å². The van der Waals surface area contributed by atoms with E-state index in [2.05, 4.69) is 33.5 Å². The quantitative estimate of drug-likeness (QED) is 0.304. The maximum atomic E-state index is 6.08. The molecule has 11 heteroatoms. The molecule has 1 aliphatic heterocycles. The van der Waals surface area contributed by atoms with Crippen LogP contribution >= 0.6 is 23.1 Å². The largest absolute Gasteiger partial charge is 0.370 e. The van der Waals surface area contributed by atoms with Gasteiger partial charge < -0.3 is 14.2 Å². The number of aryl methyl sites for hydroxylation is 1. The summed E-state index contributed by atoms with van der Waals surface area (Å²) in [5.41, 5.74) is 1.91. The van der Waals surface area contributed by atoms with E-state index in [4.69, 9.17) is 19.2 Å². The summed E-state index contributed by atoms with van der Waals surface area (Å²) < 4.78 is 21.4. The van der Waals surface area contributed by atoms with Crippen molar-refractivity contribution in [3.8, 4) is 0 Å².